The molecule has 1 fully saturated rings. The van der Waals surface area contributed by atoms with Gasteiger partial charge in [0.25, 0.3) is 5.91 Å². The molecule has 3 heterocycles. The summed E-state index contributed by atoms with van der Waals surface area (Å²) in [6.45, 7) is 6.26. The number of ether oxygens (including phenoxy) is 3. The number of fused-ring (bicyclic) bond motifs is 1. The first kappa shape index (κ1) is 22.5. The minimum atomic E-state index is -0.400. The lowest BCUT2D eigenvalue weighted by Gasteiger charge is -2.29. The van der Waals surface area contributed by atoms with Gasteiger partial charge in [0.15, 0.2) is 16.7 Å². The second-order valence-electron chi connectivity index (χ2n) is 8.21. The van der Waals surface area contributed by atoms with Crippen molar-refractivity contribution in [2.75, 3.05) is 38.0 Å². The van der Waals surface area contributed by atoms with Crippen molar-refractivity contribution in [1.82, 2.24) is 4.90 Å². The Morgan fingerprint density at radius 1 is 1.09 bits per heavy atom. The maximum absolute atomic E-state index is 13.5. The van der Waals surface area contributed by atoms with Crippen molar-refractivity contribution >= 4 is 40.5 Å². The van der Waals surface area contributed by atoms with Gasteiger partial charge in [-0.15, -0.1) is 0 Å². The third-order valence-electron chi connectivity index (χ3n) is 5.77. The number of rotatable bonds is 4. The highest BCUT2D eigenvalue weighted by Gasteiger charge is 2.35. The average Bonchev–Trinajstić information content (AvgIpc) is 3.44. The number of carbonyl (C=O) groups is 2. The maximum atomic E-state index is 13.5. The number of aliphatic imine (C=N–C) groups is 1. The SMILES string of the molecule is Cc1ccc(N2C(=O)/C(=C/c3ccc4c(c3)OCO4)N=C2SC(C)C(=O)N2CCOCC2)cc1. The van der Waals surface area contributed by atoms with Crippen LogP contribution in [0.15, 0.2) is 53.2 Å². The van der Waals surface area contributed by atoms with Gasteiger partial charge in [-0.05, 0) is 49.8 Å². The first-order valence-corrected chi connectivity index (χ1v) is 12.0. The first-order valence-electron chi connectivity index (χ1n) is 11.1. The Balaban J connectivity index is 1.44. The number of aryl methyl sites for hydroxylation is 1. The predicted molar refractivity (Wildman–Crippen MR) is 131 cm³/mol. The van der Waals surface area contributed by atoms with E-state index in [1.807, 2.05) is 56.3 Å². The fourth-order valence-electron chi connectivity index (χ4n) is 3.91. The summed E-state index contributed by atoms with van der Waals surface area (Å²) in [6, 6.07) is 13.2. The smallest absolute Gasteiger partial charge is 0.283 e. The van der Waals surface area contributed by atoms with E-state index in [2.05, 4.69) is 4.99 Å². The number of carbonyl (C=O) groups excluding carboxylic acids is 2. The maximum Gasteiger partial charge on any atom is 0.283 e. The highest BCUT2D eigenvalue weighted by Crippen LogP contribution is 2.35. The number of amidine groups is 1. The molecule has 0 radical (unpaired) electrons. The Morgan fingerprint density at radius 2 is 1.82 bits per heavy atom. The second kappa shape index (κ2) is 9.52. The molecular weight excluding hydrogens is 454 g/mol. The zero-order chi connectivity index (χ0) is 23.7. The van der Waals surface area contributed by atoms with Crippen LogP contribution in [0.2, 0.25) is 0 Å². The lowest BCUT2D eigenvalue weighted by molar-refractivity contribution is -0.134. The van der Waals surface area contributed by atoms with E-state index in [0.29, 0.717) is 54.4 Å². The molecule has 1 unspecified atom stereocenters. The Labute approximate surface area is 202 Å². The summed E-state index contributed by atoms with van der Waals surface area (Å²) >= 11 is 1.29. The van der Waals surface area contributed by atoms with E-state index in [1.165, 1.54) is 11.8 Å². The molecule has 2 aromatic carbocycles. The van der Waals surface area contributed by atoms with Crippen molar-refractivity contribution in [2.24, 2.45) is 4.99 Å². The Bertz CT molecular complexity index is 1170. The molecule has 2 amide bonds. The summed E-state index contributed by atoms with van der Waals surface area (Å²) in [5.74, 6) is 1.09. The van der Waals surface area contributed by atoms with Crippen molar-refractivity contribution in [1.29, 1.82) is 0 Å². The van der Waals surface area contributed by atoms with Crippen LogP contribution in [0.1, 0.15) is 18.1 Å². The van der Waals surface area contributed by atoms with Gasteiger partial charge in [0.2, 0.25) is 12.7 Å². The number of hydrogen-bond donors (Lipinski definition) is 0. The molecule has 1 atom stereocenters. The first-order chi connectivity index (χ1) is 16.5. The molecule has 0 aliphatic carbocycles. The largest absolute Gasteiger partial charge is 0.454 e. The Kier molecular flexibility index (Phi) is 6.30. The second-order valence-corrected chi connectivity index (χ2v) is 9.52. The molecule has 9 heteroatoms. The van der Waals surface area contributed by atoms with Crippen LogP contribution >= 0.6 is 11.8 Å². The fourth-order valence-corrected chi connectivity index (χ4v) is 4.92. The molecule has 34 heavy (non-hydrogen) atoms. The van der Waals surface area contributed by atoms with Crippen LogP contribution in [-0.4, -0.2) is 60.2 Å². The molecule has 0 bridgehead atoms. The molecule has 1 saturated heterocycles. The van der Waals surface area contributed by atoms with Crippen molar-refractivity contribution in [2.45, 2.75) is 19.1 Å². The molecular formula is C25H25N3O5S. The molecule has 0 spiro atoms. The summed E-state index contributed by atoms with van der Waals surface area (Å²) in [5.41, 5.74) is 2.88. The molecule has 2 aromatic rings. The van der Waals surface area contributed by atoms with Crippen LogP contribution in [0.4, 0.5) is 5.69 Å². The van der Waals surface area contributed by atoms with E-state index >= 15 is 0 Å². The Morgan fingerprint density at radius 3 is 2.59 bits per heavy atom. The van der Waals surface area contributed by atoms with Gasteiger partial charge < -0.3 is 19.1 Å². The molecule has 0 N–H and O–H groups in total. The van der Waals surface area contributed by atoms with Crippen molar-refractivity contribution in [3.63, 3.8) is 0 Å². The number of nitrogens with zero attached hydrogens (tertiary/aromatic N) is 3. The van der Waals surface area contributed by atoms with E-state index in [0.717, 1.165) is 11.1 Å². The number of benzene rings is 2. The van der Waals surface area contributed by atoms with E-state index in [1.54, 1.807) is 15.9 Å². The van der Waals surface area contributed by atoms with E-state index in [4.69, 9.17) is 14.2 Å². The molecule has 5 rings (SSSR count). The van der Waals surface area contributed by atoms with Gasteiger partial charge in [0, 0.05) is 13.1 Å². The van der Waals surface area contributed by atoms with E-state index < -0.39 is 5.25 Å². The number of morpholine rings is 1. The summed E-state index contributed by atoms with van der Waals surface area (Å²) in [6.07, 6.45) is 1.73. The minimum Gasteiger partial charge on any atom is -0.454 e. The average molecular weight is 480 g/mol. The molecule has 3 aliphatic rings. The van der Waals surface area contributed by atoms with Crippen LogP contribution in [0.5, 0.6) is 11.5 Å². The minimum absolute atomic E-state index is 0.0144. The topological polar surface area (TPSA) is 80.7 Å². The molecule has 0 saturated carbocycles. The van der Waals surface area contributed by atoms with E-state index in [-0.39, 0.29) is 18.6 Å². The van der Waals surface area contributed by atoms with Gasteiger partial charge in [0.05, 0.1) is 24.2 Å². The summed E-state index contributed by atoms with van der Waals surface area (Å²) in [4.78, 5) is 34.5. The van der Waals surface area contributed by atoms with Crippen LogP contribution in [0.25, 0.3) is 6.08 Å². The van der Waals surface area contributed by atoms with Gasteiger partial charge in [-0.1, -0.05) is 35.5 Å². The normalized spacial score (nSPS) is 19.5. The van der Waals surface area contributed by atoms with Crippen molar-refractivity contribution in [3.05, 3.63) is 59.3 Å². The zero-order valence-corrected chi connectivity index (χ0v) is 19.8. The third-order valence-corrected chi connectivity index (χ3v) is 6.81. The summed E-state index contributed by atoms with van der Waals surface area (Å²) < 4.78 is 16.2. The van der Waals surface area contributed by atoms with Crippen molar-refractivity contribution < 1.29 is 23.8 Å². The van der Waals surface area contributed by atoms with Crippen LogP contribution in [0.3, 0.4) is 0 Å². The van der Waals surface area contributed by atoms with E-state index in [9.17, 15) is 9.59 Å². The van der Waals surface area contributed by atoms with Crippen LogP contribution < -0.4 is 14.4 Å². The molecule has 8 nitrogen and oxygen atoms in total. The fraction of sp³-hybridized carbons (Fsp3) is 0.320. The van der Waals surface area contributed by atoms with Crippen LogP contribution in [0, 0.1) is 6.92 Å². The number of thioether (sulfide) groups is 1. The summed E-state index contributed by atoms with van der Waals surface area (Å²) in [5, 5.41) is 0.0810. The predicted octanol–water partition coefficient (Wildman–Crippen LogP) is 3.45. The van der Waals surface area contributed by atoms with Gasteiger partial charge in [-0.25, -0.2) is 4.99 Å². The lowest BCUT2D eigenvalue weighted by atomic mass is 10.1. The highest BCUT2D eigenvalue weighted by molar-refractivity contribution is 8.15. The monoisotopic (exact) mass is 479 g/mol. The zero-order valence-electron chi connectivity index (χ0n) is 19.0. The molecule has 3 aliphatic heterocycles. The Hall–Kier alpha value is -3.30. The summed E-state index contributed by atoms with van der Waals surface area (Å²) in [7, 11) is 0. The van der Waals surface area contributed by atoms with Crippen molar-refractivity contribution in [3.8, 4) is 11.5 Å². The van der Waals surface area contributed by atoms with Crippen LogP contribution in [-0.2, 0) is 14.3 Å². The third kappa shape index (κ3) is 4.53. The highest BCUT2D eigenvalue weighted by atomic mass is 32.2. The van der Waals surface area contributed by atoms with Gasteiger partial charge in [-0.2, -0.15) is 0 Å². The number of amides is 2. The quantitative estimate of drug-likeness (QED) is 0.625. The standard InChI is InChI=1S/C25H25N3O5S/c1-16-3-6-19(7-4-16)28-24(30)20(13-18-5-8-21-22(14-18)33-15-32-21)26-25(28)34-17(2)23(29)27-9-11-31-12-10-27/h3-8,13-14,17H,9-12,15H2,1-2H3/b20-13-. The molecule has 0 aromatic heterocycles. The number of hydrogen-bond acceptors (Lipinski definition) is 7. The van der Waals surface area contributed by atoms with Gasteiger partial charge >= 0.3 is 0 Å². The number of anilines is 1. The van der Waals surface area contributed by atoms with Gasteiger partial charge in [-0.3, -0.25) is 14.5 Å². The molecule has 176 valence electrons. The van der Waals surface area contributed by atoms with Gasteiger partial charge in [0.1, 0.15) is 5.70 Å². The lowest BCUT2D eigenvalue weighted by Crippen LogP contribution is -2.44.